The van der Waals surface area contributed by atoms with E-state index >= 15 is 0 Å². The molecule has 1 N–H and O–H groups in total. The van der Waals surface area contributed by atoms with Crippen LogP contribution in [0, 0.1) is 11.3 Å². The second-order valence-electron chi connectivity index (χ2n) is 6.10. The van der Waals surface area contributed by atoms with Crippen LogP contribution in [0.3, 0.4) is 0 Å². The molecule has 20 heavy (non-hydrogen) atoms. The van der Waals surface area contributed by atoms with E-state index in [0.717, 1.165) is 16.5 Å². The Labute approximate surface area is 129 Å². The third-order valence-corrected chi connectivity index (χ3v) is 4.44. The van der Waals surface area contributed by atoms with Crippen molar-refractivity contribution in [1.82, 2.24) is 10.2 Å². The van der Waals surface area contributed by atoms with E-state index in [1.165, 1.54) is 11.3 Å². The van der Waals surface area contributed by atoms with Crippen molar-refractivity contribution in [2.75, 3.05) is 11.1 Å². The minimum atomic E-state index is 0.0122. The quantitative estimate of drug-likeness (QED) is 0.465. The summed E-state index contributed by atoms with van der Waals surface area (Å²) in [6.45, 7) is 12.3. The van der Waals surface area contributed by atoms with Crippen molar-refractivity contribution in [3.05, 3.63) is 12.7 Å². The molecule has 0 spiro atoms. The molecule has 1 unspecified atom stereocenters. The maximum atomic E-state index is 11.9. The molecule has 0 saturated carbocycles. The lowest BCUT2D eigenvalue weighted by Crippen LogP contribution is -2.18. The SMILES string of the molecule is C=CCSc1nnc(NC(=O)CC(C)CC(C)(C)C)s1. The highest BCUT2D eigenvalue weighted by Crippen LogP contribution is 2.27. The first kappa shape index (κ1) is 17.2. The lowest BCUT2D eigenvalue weighted by molar-refractivity contribution is -0.117. The van der Waals surface area contributed by atoms with Crippen LogP contribution in [0.1, 0.15) is 40.5 Å². The van der Waals surface area contributed by atoms with Gasteiger partial charge in [0.2, 0.25) is 11.0 Å². The van der Waals surface area contributed by atoms with Gasteiger partial charge in [0.25, 0.3) is 0 Å². The van der Waals surface area contributed by atoms with Gasteiger partial charge in [-0.1, -0.05) is 56.9 Å². The van der Waals surface area contributed by atoms with Gasteiger partial charge in [0.05, 0.1) is 0 Å². The van der Waals surface area contributed by atoms with E-state index in [4.69, 9.17) is 0 Å². The number of hydrogen-bond donors (Lipinski definition) is 1. The van der Waals surface area contributed by atoms with Crippen LogP contribution in [0.15, 0.2) is 17.0 Å². The number of carbonyl (C=O) groups is 1. The second-order valence-corrected chi connectivity index (χ2v) is 8.34. The fourth-order valence-electron chi connectivity index (χ4n) is 2.05. The molecule has 1 heterocycles. The summed E-state index contributed by atoms with van der Waals surface area (Å²) in [4.78, 5) is 11.9. The molecule has 1 aromatic rings. The normalized spacial score (nSPS) is 13.0. The van der Waals surface area contributed by atoms with Gasteiger partial charge >= 0.3 is 0 Å². The molecule has 0 fully saturated rings. The van der Waals surface area contributed by atoms with Gasteiger partial charge in [-0.3, -0.25) is 4.79 Å². The maximum absolute atomic E-state index is 11.9. The molecule has 0 aliphatic rings. The Hall–Kier alpha value is -0.880. The molecule has 0 bridgehead atoms. The minimum absolute atomic E-state index is 0.0122. The van der Waals surface area contributed by atoms with Crippen molar-refractivity contribution in [1.29, 1.82) is 0 Å². The van der Waals surface area contributed by atoms with Gasteiger partial charge < -0.3 is 5.32 Å². The third kappa shape index (κ3) is 7.05. The number of nitrogens with zero attached hydrogens (tertiary/aromatic N) is 2. The molecule has 0 aliphatic heterocycles. The van der Waals surface area contributed by atoms with Crippen LogP contribution >= 0.6 is 23.1 Å². The number of aromatic nitrogens is 2. The van der Waals surface area contributed by atoms with Crippen LogP contribution in [-0.2, 0) is 4.79 Å². The highest BCUT2D eigenvalue weighted by molar-refractivity contribution is 8.01. The van der Waals surface area contributed by atoms with Crippen LogP contribution < -0.4 is 5.32 Å². The molecular formula is C14H23N3OS2. The number of carbonyl (C=O) groups excluding carboxylic acids is 1. The Morgan fingerprint density at radius 2 is 2.20 bits per heavy atom. The van der Waals surface area contributed by atoms with E-state index in [1.807, 2.05) is 6.08 Å². The molecule has 0 saturated heterocycles. The van der Waals surface area contributed by atoms with Crippen LogP contribution in [0.4, 0.5) is 5.13 Å². The number of rotatable bonds is 7. The number of amides is 1. The number of nitrogens with one attached hydrogen (secondary N) is 1. The molecule has 1 amide bonds. The Kier molecular flexibility index (Phi) is 6.68. The summed E-state index contributed by atoms with van der Waals surface area (Å²) in [5, 5.41) is 11.4. The van der Waals surface area contributed by atoms with Crippen molar-refractivity contribution < 1.29 is 4.79 Å². The Balaban J connectivity index is 2.42. The molecule has 0 aromatic carbocycles. The summed E-state index contributed by atoms with van der Waals surface area (Å²) in [5.74, 6) is 1.17. The molecule has 0 aliphatic carbocycles. The molecule has 112 valence electrons. The van der Waals surface area contributed by atoms with Crippen molar-refractivity contribution in [2.24, 2.45) is 11.3 Å². The fourth-order valence-corrected chi connectivity index (χ4v) is 3.58. The Morgan fingerprint density at radius 1 is 1.50 bits per heavy atom. The van der Waals surface area contributed by atoms with Crippen molar-refractivity contribution in [2.45, 2.75) is 44.9 Å². The molecule has 6 heteroatoms. The van der Waals surface area contributed by atoms with E-state index < -0.39 is 0 Å². The Bertz CT molecular complexity index is 452. The number of hydrogen-bond acceptors (Lipinski definition) is 5. The molecule has 1 atom stereocenters. The minimum Gasteiger partial charge on any atom is -0.300 e. The lowest BCUT2D eigenvalue weighted by Gasteiger charge is -2.22. The third-order valence-electron chi connectivity index (χ3n) is 2.47. The highest BCUT2D eigenvalue weighted by Gasteiger charge is 2.18. The van der Waals surface area contributed by atoms with Crippen LogP contribution in [0.2, 0.25) is 0 Å². The highest BCUT2D eigenvalue weighted by atomic mass is 32.2. The second kappa shape index (κ2) is 7.78. The predicted molar refractivity (Wildman–Crippen MR) is 87.3 cm³/mol. The van der Waals surface area contributed by atoms with Gasteiger partial charge in [-0.15, -0.1) is 16.8 Å². The predicted octanol–water partition coefficient (Wildman–Crippen LogP) is 4.22. The summed E-state index contributed by atoms with van der Waals surface area (Å²) in [7, 11) is 0. The van der Waals surface area contributed by atoms with Crippen LogP contribution in [0.5, 0.6) is 0 Å². The van der Waals surface area contributed by atoms with Crippen LogP contribution in [0.25, 0.3) is 0 Å². The summed E-state index contributed by atoms with van der Waals surface area (Å²) in [5.41, 5.74) is 0.247. The van der Waals surface area contributed by atoms with Gasteiger partial charge in [0.15, 0.2) is 4.34 Å². The van der Waals surface area contributed by atoms with Gasteiger partial charge in [-0.05, 0) is 17.8 Å². The summed E-state index contributed by atoms with van der Waals surface area (Å²) >= 11 is 2.97. The van der Waals surface area contributed by atoms with E-state index in [1.54, 1.807) is 11.8 Å². The molecule has 4 nitrogen and oxygen atoms in total. The number of anilines is 1. The van der Waals surface area contributed by atoms with Gasteiger partial charge in [0.1, 0.15) is 0 Å². The smallest absolute Gasteiger partial charge is 0.226 e. The van der Waals surface area contributed by atoms with Gasteiger partial charge in [-0.2, -0.15) is 0 Å². The fraction of sp³-hybridized carbons (Fsp3) is 0.643. The molecule has 0 radical (unpaired) electrons. The zero-order valence-corrected chi connectivity index (χ0v) is 14.2. The standard InChI is InChI=1S/C14H23N3OS2/c1-6-7-19-13-17-16-12(20-13)15-11(18)8-10(2)9-14(3,4)5/h6,10H,1,7-9H2,2-5H3,(H,15,16,18). The van der Waals surface area contributed by atoms with Gasteiger partial charge in [0, 0.05) is 12.2 Å². The first-order valence-corrected chi connectivity index (χ1v) is 8.47. The monoisotopic (exact) mass is 313 g/mol. The average molecular weight is 313 g/mol. The summed E-state index contributed by atoms with van der Waals surface area (Å²) in [6.07, 6.45) is 3.36. The summed E-state index contributed by atoms with van der Waals surface area (Å²) < 4.78 is 0.850. The van der Waals surface area contributed by atoms with E-state index in [-0.39, 0.29) is 11.3 Å². The largest absolute Gasteiger partial charge is 0.300 e. The van der Waals surface area contributed by atoms with Crippen LogP contribution in [-0.4, -0.2) is 21.9 Å². The van der Waals surface area contributed by atoms with E-state index in [9.17, 15) is 4.79 Å². The maximum Gasteiger partial charge on any atom is 0.226 e. The topological polar surface area (TPSA) is 54.9 Å². The van der Waals surface area contributed by atoms with Gasteiger partial charge in [-0.25, -0.2) is 0 Å². The van der Waals surface area contributed by atoms with E-state index in [2.05, 4.69) is 49.8 Å². The molecular weight excluding hydrogens is 290 g/mol. The molecule has 1 rings (SSSR count). The number of thioether (sulfide) groups is 1. The Morgan fingerprint density at radius 3 is 2.80 bits per heavy atom. The lowest BCUT2D eigenvalue weighted by atomic mass is 9.84. The summed E-state index contributed by atoms with van der Waals surface area (Å²) in [6, 6.07) is 0. The van der Waals surface area contributed by atoms with Crippen molar-refractivity contribution >= 4 is 34.1 Å². The van der Waals surface area contributed by atoms with Crippen molar-refractivity contribution in [3.8, 4) is 0 Å². The average Bonchev–Trinajstić information content (AvgIpc) is 2.70. The first-order valence-electron chi connectivity index (χ1n) is 6.67. The van der Waals surface area contributed by atoms with Crippen molar-refractivity contribution in [3.63, 3.8) is 0 Å². The zero-order valence-electron chi connectivity index (χ0n) is 12.6. The zero-order chi connectivity index (χ0) is 15.2. The van der Waals surface area contributed by atoms with E-state index in [0.29, 0.717) is 17.5 Å². The molecule has 1 aromatic heterocycles. The first-order chi connectivity index (χ1) is 9.30.